The van der Waals surface area contributed by atoms with E-state index in [0.717, 1.165) is 10.4 Å². The molecule has 0 aliphatic carbocycles. The van der Waals surface area contributed by atoms with Crippen molar-refractivity contribution in [1.29, 1.82) is 0 Å². The molecule has 122 valence electrons. The standard InChI is InChI=1S/C15H18N4O3S/c1-4-5-12(20)22-19-10-6-11(9-7-16-17-8-9)23-13(10)14(21)18-15(19,2)3/h6-8H,4-5H2,1-3H3,(H,16,17)(H,18,21). The fourth-order valence-corrected chi connectivity index (χ4v) is 3.43. The van der Waals surface area contributed by atoms with E-state index in [0.29, 0.717) is 23.4 Å². The molecule has 0 aromatic carbocycles. The number of hydroxylamine groups is 1. The molecule has 3 heterocycles. The molecule has 0 fully saturated rings. The van der Waals surface area contributed by atoms with Crippen LogP contribution in [0, 0.1) is 0 Å². The second-order valence-electron chi connectivity index (χ2n) is 5.83. The molecule has 2 aromatic rings. The highest BCUT2D eigenvalue weighted by Gasteiger charge is 2.41. The molecule has 3 rings (SSSR count). The van der Waals surface area contributed by atoms with E-state index in [9.17, 15) is 9.59 Å². The summed E-state index contributed by atoms with van der Waals surface area (Å²) in [6.45, 7) is 5.50. The van der Waals surface area contributed by atoms with Gasteiger partial charge in [0.05, 0.1) is 6.20 Å². The van der Waals surface area contributed by atoms with Gasteiger partial charge in [0, 0.05) is 23.1 Å². The summed E-state index contributed by atoms with van der Waals surface area (Å²) in [7, 11) is 0. The van der Waals surface area contributed by atoms with Gasteiger partial charge < -0.3 is 10.2 Å². The molecule has 8 heteroatoms. The Hall–Kier alpha value is -2.35. The lowest BCUT2D eigenvalue weighted by Crippen LogP contribution is -2.60. The number of nitrogens with zero attached hydrogens (tertiary/aromatic N) is 2. The van der Waals surface area contributed by atoms with E-state index >= 15 is 0 Å². The van der Waals surface area contributed by atoms with Crippen LogP contribution < -0.4 is 10.4 Å². The molecule has 2 aromatic heterocycles. The van der Waals surface area contributed by atoms with Crippen molar-refractivity contribution >= 4 is 28.9 Å². The van der Waals surface area contributed by atoms with Crippen molar-refractivity contribution in [2.24, 2.45) is 0 Å². The summed E-state index contributed by atoms with van der Waals surface area (Å²) in [5.41, 5.74) is 0.668. The van der Waals surface area contributed by atoms with Gasteiger partial charge in [0.2, 0.25) is 0 Å². The van der Waals surface area contributed by atoms with E-state index in [2.05, 4.69) is 15.5 Å². The molecule has 0 spiro atoms. The molecule has 0 saturated carbocycles. The van der Waals surface area contributed by atoms with E-state index in [4.69, 9.17) is 4.84 Å². The number of rotatable bonds is 4. The largest absolute Gasteiger partial charge is 0.339 e. The predicted octanol–water partition coefficient (Wildman–Crippen LogP) is 2.68. The molecule has 1 aliphatic heterocycles. The number of hydrogen-bond acceptors (Lipinski definition) is 6. The lowest BCUT2D eigenvalue weighted by molar-refractivity contribution is -0.148. The third kappa shape index (κ3) is 2.81. The molecule has 23 heavy (non-hydrogen) atoms. The molecular weight excluding hydrogens is 316 g/mol. The highest BCUT2D eigenvalue weighted by Crippen LogP contribution is 2.41. The van der Waals surface area contributed by atoms with Gasteiger partial charge in [0.15, 0.2) is 0 Å². The lowest BCUT2D eigenvalue weighted by atomic mass is 10.1. The molecule has 0 bridgehead atoms. The summed E-state index contributed by atoms with van der Waals surface area (Å²) in [4.78, 5) is 31.2. The first-order valence-electron chi connectivity index (χ1n) is 7.39. The summed E-state index contributed by atoms with van der Waals surface area (Å²) in [6, 6.07) is 1.85. The van der Waals surface area contributed by atoms with Crippen LogP contribution >= 0.6 is 11.3 Å². The zero-order chi connectivity index (χ0) is 16.6. The Bertz CT molecular complexity index is 736. The SMILES string of the molecule is CCCC(=O)ON1c2cc(-c3cn[nH]c3)sc2C(=O)NC1(C)C. The average molecular weight is 334 g/mol. The van der Waals surface area contributed by atoms with Gasteiger partial charge in [-0.05, 0) is 26.3 Å². The van der Waals surface area contributed by atoms with Gasteiger partial charge in [0.1, 0.15) is 16.2 Å². The van der Waals surface area contributed by atoms with E-state index in [1.165, 1.54) is 16.4 Å². The average Bonchev–Trinajstić information content (AvgIpc) is 3.12. The zero-order valence-electron chi connectivity index (χ0n) is 13.2. The topological polar surface area (TPSA) is 87.3 Å². The van der Waals surface area contributed by atoms with Crippen LogP contribution in [0.4, 0.5) is 5.69 Å². The summed E-state index contributed by atoms with van der Waals surface area (Å²) >= 11 is 1.34. The van der Waals surface area contributed by atoms with Crippen LogP contribution in [-0.2, 0) is 9.63 Å². The van der Waals surface area contributed by atoms with Crippen molar-refractivity contribution in [2.75, 3.05) is 5.06 Å². The number of aromatic amines is 1. The normalized spacial score (nSPS) is 16.0. The number of hydrogen-bond donors (Lipinski definition) is 2. The number of amides is 1. The molecule has 0 atom stereocenters. The van der Waals surface area contributed by atoms with Gasteiger partial charge >= 0.3 is 5.97 Å². The van der Waals surface area contributed by atoms with Crippen molar-refractivity contribution in [3.05, 3.63) is 23.3 Å². The lowest BCUT2D eigenvalue weighted by Gasteiger charge is -2.41. The van der Waals surface area contributed by atoms with Crippen LogP contribution in [0.3, 0.4) is 0 Å². The van der Waals surface area contributed by atoms with Crippen molar-refractivity contribution in [2.45, 2.75) is 39.3 Å². The molecule has 0 radical (unpaired) electrons. The molecule has 7 nitrogen and oxygen atoms in total. The Balaban J connectivity index is 2.01. The monoisotopic (exact) mass is 334 g/mol. The second kappa shape index (κ2) is 5.69. The maximum Gasteiger partial charge on any atom is 0.332 e. The fourth-order valence-electron chi connectivity index (χ4n) is 2.42. The molecule has 0 saturated heterocycles. The number of nitrogens with one attached hydrogen (secondary N) is 2. The number of fused-ring (bicyclic) bond motifs is 1. The third-order valence-corrected chi connectivity index (χ3v) is 4.67. The Labute approximate surface area is 137 Å². The zero-order valence-corrected chi connectivity index (χ0v) is 14.0. The van der Waals surface area contributed by atoms with Crippen LogP contribution in [0.5, 0.6) is 0 Å². The number of aromatic nitrogens is 2. The Morgan fingerprint density at radius 1 is 1.48 bits per heavy atom. The first-order chi connectivity index (χ1) is 10.9. The minimum atomic E-state index is -0.817. The van der Waals surface area contributed by atoms with Crippen molar-refractivity contribution < 1.29 is 14.4 Å². The van der Waals surface area contributed by atoms with Crippen LogP contribution in [0.15, 0.2) is 18.5 Å². The predicted molar refractivity (Wildman–Crippen MR) is 86.9 cm³/mol. The van der Waals surface area contributed by atoms with Crippen molar-refractivity contribution in [3.63, 3.8) is 0 Å². The van der Waals surface area contributed by atoms with Gasteiger partial charge in [-0.1, -0.05) is 6.92 Å². The maximum absolute atomic E-state index is 12.3. The summed E-state index contributed by atoms with van der Waals surface area (Å²) in [5.74, 6) is -0.494. The van der Waals surface area contributed by atoms with Crippen LogP contribution in [0.1, 0.15) is 43.3 Å². The van der Waals surface area contributed by atoms with E-state index in [-0.39, 0.29) is 11.9 Å². The van der Waals surface area contributed by atoms with Gasteiger partial charge in [-0.3, -0.25) is 9.89 Å². The number of carbonyl (C=O) groups excluding carboxylic acids is 2. The molecule has 1 aliphatic rings. The van der Waals surface area contributed by atoms with Crippen molar-refractivity contribution in [3.8, 4) is 10.4 Å². The molecule has 2 N–H and O–H groups in total. The van der Waals surface area contributed by atoms with Crippen LogP contribution in [-0.4, -0.2) is 27.7 Å². The van der Waals surface area contributed by atoms with E-state index in [1.54, 1.807) is 26.2 Å². The van der Waals surface area contributed by atoms with Crippen LogP contribution in [0.25, 0.3) is 10.4 Å². The minimum absolute atomic E-state index is 0.174. The Morgan fingerprint density at radius 3 is 2.91 bits per heavy atom. The minimum Gasteiger partial charge on any atom is -0.339 e. The van der Waals surface area contributed by atoms with Crippen LogP contribution in [0.2, 0.25) is 0 Å². The smallest absolute Gasteiger partial charge is 0.332 e. The second-order valence-corrected chi connectivity index (χ2v) is 6.89. The first kappa shape index (κ1) is 15.5. The quantitative estimate of drug-likeness (QED) is 0.897. The molecule has 0 unspecified atom stereocenters. The first-order valence-corrected chi connectivity index (χ1v) is 8.20. The van der Waals surface area contributed by atoms with E-state index < -0.39 is 5.66 Å². The Kier molecular flexibility index (Phi) is 3.85. The van der Waals surface area contributed by atoms with Gasteiger partial charge in [-0.15, -0.1) is 11.3 Å². The third-order valence-electron chi connectivity index (χ3n) is 3.49. The molecule has 1 amide bonds. The summed E-state index contributed by atoms with van der Waals surface area (Å²) in [5, 5.41) is 11.0. The van der Waals surface area contributed by atoms with Gasteiger partial charge in [-0.2, -0.15) is 10.2 Å². The highest BCUT2D eigenvalue weighted by molar-refractivity contribution is 7.18. The van der Waals surface area contributed by atoms with Crippen molar-refractivity contribution in [1.82, 2.24) is 15.5 Å². The summed E-state index contributed by atoms with van der Waals surface area (Å²) < 4.78 is 0. The number of thiophene rings is 1. The summed E-state index contributed by atoms with van der Waals surface area (Å²) in [6.07, 6.45) is 4.48. The van der Waals surface area contributed by atoms with Gasteiger partial charge in [0.25, 0.3) is 5.91 Å². The Morgan fingerprint density at radius 2 is 2.26 bits per heavy atom. The maximum atomic E-state index is 12.3. The molecular formula is C15H18N4O3S. The van der Waals surface area contributed by atoms with E-state index in [1.807, 2.05) is 13.0 Å². The number of carbonyl (C=O) groups is 2. The highest BCUT2D eigenvalue weighted by atomic mass is 32.1. The fraction of sp³-hybridized carbons (Fsp3) is 0.400. The van der Waals surface area contributed by atoms with Gasteiger partial charge in [-0.25, -0.2) is 4.79 Å². The number of H-pyrrole nitrogens is 1. The number of anilines is 1.